The van der Waals surface area contributed by atoms with Crippen molar-refractivity contribution in [3.05, 3.63) is 0 Å². The third kappa shape index (κ3) is 6.55. The molecule has 0 aromatic rings. The van der Waals surface area contributed by atoms with Crippen molar-refractivity contribution in [2.45, 2.75) is 26.8 Å². The third-order valence-electron chi connectivity index (χ3n) is 1.63. The van der Waals surface area contributed by atoms with Crippen LogP contribution in [-0.4, -0.2) is 42.8 Å². The molecular weight excluding hydrogens is 230 g/mol. The van der Waals surface area contributed by atoms with Crippen molar-refractivity contribution in [2.75, 3.05) is 24.7 Å². The van der Waals surface area contributed by atoms with Gasteiger partial charge in [0.2, 0.25) is 0 Å². The van der Waals surface area contributed by atoms with Crippen LogP contribution in [0.3, 0.4) is 0 Å². The zero-order valence-corrected chi connectivity index (χ0v) is 10.8. The van der Waals surface area contributed by atoms with E-state index in [2.05, 4.69) is 5.32 Å². The van der Waals surface area contributed by atoms with Gasteiger partial charge in [-0.3, -0.25) is 0 Å². The molecule has 0 aliphatic rings. The van der Waals surface area contributed by atoms with Gasteiger partial charge >= 0.3 is 12.1 Å². The average molecular weight is 249 g/mol. The molecule has 0 fully saturated rings. The smallest absolute Gasteiger partial charge is 0.407 e. The fourth-order valence-corrected chi connectivity index (χ4v) is 1.65. The summed E-state index contributed by atoms with van der Waals surface area (Å²) in [7, 11) is 0. The summed E-state index contributed by atoms with van der Waals surface area (Å²) >= 11 is 1.56. The number of rotatable bonds is 7. The molecule has 0 heterocycles. The highest BCUT2D eigenvalue weighted by Gasteiger charge is 2.22. The molecule has 1 unspecified atom stereocenters. The molecule has 0 aromatic carbocycles. The number of hydrogen-bond acceptors (Lipinski definition) is 5. The highest BCUT2D eigenvalue weighted by molar-refractivity contribution is 7.99. The predicted octanol–water partition coefficient (Wildman–Crippen LogP) is 1.42. The standard InChI is InChI=1S/C10H19NO4S/c1-4-14-9(12)8(7-16-6-3)11-10(13)15-5-2/h8H,4-7H2,1-3H3,(H,11,13). The Morgan fingerprint density at radius 2 is 1.81 bits per heavy atom. The number of thioether (sulfide) groups is 1. The van der Waals surface area contributed by atoms with Crippen LogP contribution >= 0.6 is 11.8 Å². The largest absolute Gasteiger partial charge is 0.464 e. The highest BCUT2D eigenvalue weighted by Crippen LogP contribution is 2.04. The van der Waals surface area contributed by atoms with Crippen LogP contribution in [0.15, 0.2) is 0 Å². The van der Waals surface area contributed by atoms with E-state index in [-0.39, 0.29) is 6.61 Å². The number of carbonyl (C=O) groups is 2. The summed E-state index contributed by atoms with van der Waals surface area (Å²) < 4.78 is 9.57. The first-order chi connectivity index (χ1) is 7.65. The van der Waals surface area contributed by atoms with Gasteiger partial charge < -0.3 is 14.8 Å². The van der Waals surface area contributed by atoms with Crippen LogP contribution in [-0.2, 0) is 14.3 Å². The Morgan fingerprint density at radius 3 is 2.31 bits per heavy atom. The van der Waals surface area contributed by atoms with E-state index in [0.717, 1.165) is 5.75 Å². The number of hydrogen-bond donors (Lipinski definition) is 1. The van der Waals surface area contributed by atoms with Crippen LogP contribution in [0.4, 0.5) is 4.79 Å². The Labute approximate surface area is 100 Å². The number of alkyl carbamates (subject to hydrolysis) is 1. The molecule has 0 bridgehead atoms. The minimum atomic E-state index is -0.635. The second-order valence-corrected chi connectivity index (χ2v) is 4.15. The van der Waals surface area contributed by atoms with Crippen LogP contribution in [0.1, 0.15) is 20.8 Å². The maximum Gasteiger partial charge on any atom is 0.407 e. The van der Waals surface area contributed by atoms with Gasteiger partial charge in [-0.2, -0.15) is 11.8 Å². The van der Waals surface area contributed by atoms with Gasteiger partial charge in [0.1, 0.15) is 6.04 Å². The van der Waals surface area contributed by atoms with Gasteiger partial charge in [-0.15, -0.1) is 0 Å². The fraction of sp³-hybridized carbons (Fsp3) is 0.800. The molecule has 0 rings (SSSR count). The van der Waals surface area contributed by atoms with Crippen molar-refractivity contribution in [3.8, 4) is 0 Å². The third-order valence-corrected chi connectivity index (χ3v) is 2.60. The molecule has 0 saturated heterocycles. The van der Waals surface area contributed by atoms with Gasteiger partial charge in [0, 0.05) is 5.75 Å². The number of carbonyl (C=O) groups excluding carboxylic acids is 2. The van der Waals surface area contributed by atoms with E-state index in [1.807, 2.05) is 6.92 Å². The predicted molar refractivity (Wildman–Crippen MR) is 63.6 cm³/mol. The molecule has 0 saturated carbocycles. The molecule has 1 atom stereocenters. The summed E-state index contributed by atoms with van der Waals surface area (Å²) in [5, 5.41) is 2.48. The molecule has 1 amide bonds. The number of esters is 1. The van der Waals surface area contributed by atoms with Gasteiger partial charge in [0.15, 0.2) is 0 Å². The Hall–Kier alpha value is -0.910. The van der Waals surface area contributed by atoms with Crippen molar-refractivity contribution >= 4 is 23.8 Å². The minimum Gasteiger partial charge on any atom is -0.464 e. The van der Waals surface area contributed by atoms with E-state index in [1.54, 1.807) is 25.6 Å². The summed E-state index contributed by atoms with van der Waals surface area (Å²) in [4.78, 5) is 22.7. The van der Waals surface area contributed by atoms with Crippen molar-refractivity contribution in [3.63, 3.8) is 0 Å². The first-order valence-corrected chi connectivity index (χ1v) is 6.48. The van der Waals surface area contributed by atoms with E-state index in [9.17, 15) is 9.59 Å². The van der Waals surface area contributed by atoms with E-state index >= 15 is 0 Å². The Morgan fingerprint density at radius 1 is 1.19 bits per heavy atom. The lowest BCUT2D eigenvalue weighted by Crippen LogP contribution is -2.44. The normalized spacial score (nSPS) is 11.7. The second kappa shape index (κ2) is 9.33. The van der Waals surface area contributed by atoms with Crippen molar-refractivity contribution < 1.29 is 19.1 Å². The number of amides is 1. The molecule has 0 aliphatic heterocycles. The maximum atomic E-state index is 11.5. The highest BCUT2D eigenvalue weighted by atomic mass is 32.2. The van der Waals surface area contributed by atoms with E-state index in [1.165, 1.54) is 0 Å². The minimum absolute atomic E-state index is 0.280. The molecule has 5 nitrogen and oxygen atoms in total. The first-order valence-electron chi connectivity index (χ1n) is 5.33. The lowest BCUT2D eigenvalue weighted by molar-refractivity contribution is -0.144. The SMILES string of the molecule is CCOC(=O)NC(CSCC)C(=O)OCC. The van der Waals surface area contributed by atoms with Gasteiger partial charge in [0.05, 0.1) is 13.2 Å². The average Bonchev–Trinajstić information content (AvgIpc) is 2.24. The van der Waals surface area contributed by atoms with Crippen LogP contribution in [0.5, 0.6) is 0 Å². The summed E-state index contributed by atoms with van der Waals surface area (Å²) in [5.41, 5.74) is 0. The van der Waals surface area contributed by atoms with Gasteiger partial charge in [-0.05, 0) is 19.6 Å². The van der Waals surface area contributed by atoms with Crippen LogP contribution in [0.25, 0.3) is 0 Å². The fourth-order valence-electron chi connectivity index (χ4n) is 0.962. The van der Waals surface area contributed by atoms with Crippen LogP contribution in [0.2, 0.25) is 0 Å². The topological polar surface area (TPSA) is 64.6 Å². The Balaban J connectivity index is 4.18. The zero-order valence-electron chi connectivity index (χ0n) is 9.95. The van der Waals surface area contributed by atoms with Crippen molar-refractivity contribution in [2.24, 2.45) is 0 Å². The van der Waals surface area contributed by atoms with Crippen molar-refractivity contribution in [1.29, 1.82) is 0 Å². The molecule has 94 valence electrons. The quantitative estimate of drug-likeness (QED) is 0.691. The molecular formula is C10H19NO4S. The summed E-state index contributed by atoms with van der Waals surface area (Å²) in [6, 6.07) is -0.635. The number of ether oxygens (including phenoxy) is 2. The van der Waals surface area contributed by atoms with E-state index in [0.29, 0.717) is 12.4 Å². The van der Waals surface area contributed by atoms with E-state index < -0.39 is 18.1 Å². The first kappa shape index (κ1) is 15.1. The van der Waals surface area contributed by atoms with Gasteiger partial charge in [-0.25, -0.2) is 9.59 Å². The lowest BCUT2D eigenvalue weighted by atomic mass is 10.3. The van der Waals surface area contributed by atoms with Crippen molar-refractivity contribution in [1.82, 2.24) is 5.32 Å². The molecule has 1 N–H and O–H groups in total. The summed E-state index contributed by atoms with van der Waals surface area (Å²) in [6.07, 6.45) is -0.586. The van der Waals surface area contributed by atoms with Crippen LogP contribution < -0.4 is 5.32 Å². The lowest BCUT2D eigenvalue weighted by Gasteiger charge is -2.16. The molecule has 16 heavy (non-hydrogen) atoms. The molecule has 6 heteroatoms. The molecule has 0 aliphatic carbocycles. The summed E-state index contributed by atoms with van der Waals surface area (Å²) in [6.45, 7) is 6.00. The molecule has 0 aromatic heterocycles. The van der Waals surface area contributed by atoms with Crippen LogP contribution in [0, 0.1) is 0 Å². The maximum absolute atomic E-state index is 11.5. The monoisotopic (exact) mass is 249 g/mol. The number of nitrogens with one attached hydrogen (secondary N) is 1. The summed E-state index contributed by atoms with van der Waals surface area (Å²) in [5.74, 6) is 0.950. The van der Waals surface area contributed by atoms with Gasteiger partial charge in [0.25, 0.3) is 0 Å². The molecule has 0 radical (unpaired) electrons. The Kier molecular flexibility index (Phi) is 8.80. The Bertz CT molecular complexity index is 223. The molecule has 0 spiro atoms. The second-order valence-electron chi connectivity index (χ2n) is 2.83. The van der Waals surface area contributed by atoms with Gasteiger partial charge in [-0.1, -0.05) is 6.92 Å². The zero-order chi connectivity index (χ0) is 12.4. The van der Waals surface area contributed by atoms with E-state index in [4.69, 9.17) is 9.47 Å².